The number of hydrogen-bond acceptors (Lipinski definition) is 2. The van der Waals surface area contributed by atoms with Crippen molar-refractivity contribution in [2.45, 2.75) is 25.7 Å². The highest BCUT2D eigenvalue weighted by molar-refractivity contribution is 7.16. The van der Waals surface area contributed by atoms with E-state index in [1.54, 1.807) is 11.3 Å². The Morgan fingerprint density at radius 3 is 2.56 bits per heavy atom. The highest BCUT2D eigenvalue weighted by Gasteiger charge is 2.19. The SMILES string of the molecule is Nc1sc2c(c1-c1ccccc1)CCCC2. The molecule has 1 nitrogen and oxygen atoms in total. The van der Waals surface area contributed by atoms with Crippen molar-refractivity contribution in [3.63, 3.8) is 0 Å². The average Bonchev–Trinajstić information content (AvgIpc) is 2.66. The second-order valence-electron chi connectivity index (χ2n) is 4.32. The molecule has 0 saturated heterocycles. The molecule has 0 unspecified atom stereocenters. The predicted octanol–water partition coefficient (Wildman–Crippen LogP) is 3.88. The van der Waals surface area contributed by atoms with E-state index in [4.69, 9.17) is 5.73 Å². The Hall–Kier alpha value is -1.28. The van der Waals surface area contributed by atoms with Crippen LogP contribution in [0.25, 0.3) is 11.1 Å². The summed E-state index contributed by atoms with van der Waals surface area (Å²) in [5, 5.41) is 0.998. The molecule has 2 heteroatoms. The van der Waals surface area contributed by atoms with Gasteiger partial charge < -0.3 is 5.73 Å². The van der Waals surface area contributed by atoms with E-state index in [9.17, 15) is 0 Å². The molecule has 0 spiro atoms. The van der Waals surface area contributed by atoms with Gasteiger partial charge in [0.15, 0.2) is 0 Å². The van der Waals surface area contributed by atoms with Gasteiger partial charge in [-0.2, -0.15) is 0 Å². The lowest BCUT2D eigenvalue weighted by Gasteiger charge is -2.12. The summed E-state index contributed by atoms with van der Waals surface area (Å²) in [5.41, 5.74) is 10.3. The molecule has 16 heavy (non-hydrogen) atoms. The summed E-state index contributed by atoms with van der Waals surface area (Å²) in [6.45, 7) is 0. The van der Waals surface area contributed by atoms with Crippen LogP contribution in [0.3, 0.4) is 0 Å². The normalized spacial score (nSPS) is 14.8. The molecule has 0 aliphatic heterocycles. The zero-order valence-electron chi connectivity index (χ0n) is 9.20. The standard InChI is InChI=1S/C14H15NS/c15-14-13(10-6-2-1-3-7-10)11-8-4-5-9-12(11)16-14/h1-3,6-7H,4-5,8-9,15H2. The Morgan fingerprint density at radius 1 is 1.00 bits per heavy atom. The molecule has 2 N–H and O–H groups in total. The van der Waals surface area contributed by atoms with Crippen LogP contribution in [0.1, 0.15) is 23.3 Å². The first kappa shape index (κ1) is 9.91. The van der Waals surface area contributed by atoms with E-state index in [0.29, 0.717) is 0 Å². The van der Waals surface area contributed by atoms with Gasteiger partial charge in [0.05, 0.1) is 5.00 Å². The fraction of sp³-hybridized carbons (Fsp3) is 0.286. The van der Waals surface area contributed by atoms with Crippen LogP contribution >= 0.6 is 11.3 Å². The summed E-state index contributed by atoms with van der Waals surface area (Å²) in [4.78, 5) is 1.52. The molecule has 1 aromatic heterocycles. The molecule has 1 heterocycles. The number of anilines is 1. The van der Waals surface area contributed by atoms with Crippen LogP contribution in [0.4, 0.5) is 5.00 Å². The fourth-order valence-electron chi connectivity index (χ4n) is 2.51. The van der Waals surface area contributed by atoms with Crippen LogP contribution in [0, 0.1) is 0 Å². The van der Waals surface area contributed by atoms with Gasteiger partial charge in [-0.15, -0.1) is 11.3 Å². The number of fused-ring (bicyclic) bond motifs is 1. The number of thiophene rings is 1. The molecule has 3 rings (SSSR count). The van der Waals surface area contributed by atoms with Crippen molar-refractivity contribution in [2.24, 2.45) is 0 Å². The van der Waals surface area contributed by atoms with Gasteiger partial charge in [0.1, 0.15) is 0 Å². The lowest BCUT2D eigenvalue weighted by Crippen LogP contribution is -1.99. The molecule has 0 saturated carbocycles. The van der Waals surface area contributed by atoms with Crippen molar-refractivity contribution in [3.05, 3.63) is 40.8 Å². The van der Waals surface area contributed by atoms with Crippen molar-refractivity contribution >= 4 is 16.3 Å². The third-order valence-corrected chi connectivity index (χ3v) is 4.38. The quantitative estimate of drug-likeness (QED) is 0.789. The molecule has 0 bridgehead atoms. The topological polar surface area (TPSA) is 26.0 Å². The molecular weight excluding hydrogens is 214 g/mol. The van der Waals surface area contributed by atoms with Gasteiger partial charge in [0.25, 0.3) is 0 Å². The number of benzene rings is 1. The Bertz CT molecular complexity index is 499. The number of nitrogen functional groups attached to an aromatic ring is 1. The number of rotatable bonds is 1. The zero-order chi connectivity index (χ0) is 11.0. The molecule has 82 valence electrons. The largest absolute Gasteiger partial charge is 0.390 e. The molecular formula is C14H15NS. The Kier molecular flexibility index (Phi) is 2.44. The van der Waals surface area contributed by atoms with E-state index in [1.165, 1.54) is 47.3 Å². The lowest BCUT2D eigenvalue weighted by molar-refractivity contribution is 0.698. The van der Waals surface area contributed by atoms with Crippen LogP contribution in [0.15, 0.2) is 30.3 Å². The van der Waals surface area contributed by atoms with Crippen molar-refractivity contribution in [1.82, 2.24) is 0 Å². The van der Waals surface area contributed by atoms with Gasteiger partial charge >= 0.3 is 0 Å². The van der Waals surface area contributed by atoms with Crippen molar-refractivity contribution in [3.8, 4) is 11.1 Å². The first-order chi connectivity index (χ1) is 7.86. The van der Waals surface area contributed by atoms with Gasteiger partial charge in [-0.25, -0.2) is 0 Å². The van der Waals surface area contributed by atoms with Crippen LogP contribution in [-0.2, 0) is 12.8 Å². The van der Waals surface area contributed by atoms with Crippen LogP contribution in [0.5, 0.6) is 0 Å². The summed E-state index contributed by atoms with van der Waals surface area (Å²) in [5.74, 6) is 0. The highest BCUT2D eigenvalue weighted by atomic mass is 32.1. The molecule has 1 aliphatic carbocycles. The first-order valence-electron chi connectivity index (χ1n) is 5.81. The zero-order valence-corrected chi connectivity index (χ0v) is 10.0. The molecule has 1 aromatic carbocycles. The third-order valence-electron chi connectivity index (χ3n) is 3.26. The smallest absolute Gasteiger partial charge is 0.0941 e. The summed E-state index contributed by atoms with van der Waals surface area (Å²) in [6, 6.07) is 10.5. The van der Waals surface area contributed by atoms with Crippen LogP contribution in [-0.4, -0.2) is 0 Å². The van der Waals surface area contributed by atoms with Crippen LogP contribution < -0.4 is 5.73 Å². The maximum absolute atomic E-state index is 6.17. The number of aryl methyl sites for hydroxylation is 1. The van der Waals surface area contributed by atoms with E-state index in [2.05, 4.69) is 30.3 Å². The Balaban J connectivity index is 2.17. The minimum Gasteiger partial charge on any atom is -0.390 e. The minimum atomic E-state index is 0.998. The van der Waals surface area contributed by atoms with E-state index < -0.39 is 0 Å². The molecule has 0 atom stereocenters. The van der Waals surface area contributed by atoms with Crippen LogP contribution in [0.2, 0.25) is 0 Å². The van der Waals surface area contributed by atoms with E-state index in [-0.39, 0.29) is 0 Å². The average molecular weight is 229 g/mol. The van der Waals surface area contributed by atoms with Crippen molar-refractivity contribution in [2.75, 3.05) is 5.73 Å². The summed E-state index contributed by atoms with van der Waals surface area (Å²) in [7, 11) is 0. The third kappa shape index (κ3) is 1.54. The van der Waals surface area contributed by atoms with E-state index >= 15 is 0 Å². The molecule has 2 aromatic rings. The summed E-state index contributed by atoms with van der Waals surface area (Å²) < 4.78 is 0. The van der Waals surface area contributed by atoms with Gasteiger partial charge in [-0.3, -0.25) is 0 Å². The maximum Gasteiger partial charge on any atom is 0.0941 e. The molecule has 1 aliphatic rings. The summed E-state index contributed by atoms with van der Waals surface area (Å²) in [6.07, 6.45) is 5.05. The van der Waals surface area contributed by atoms with Gasteiger partial charge in [-0.1, -0.05) is 30.3 Å². The molecule has 0 radical (unpaired) electrons. The van der Waals surface area contributed by atoms with Gasteiger partial charge in [0, 0.05) is 10.4 Å². The molecule has 0 amide bonds. The van der Waals surface area contributed by atoms with Gasteiger partial charge in [-0.05, 0) is 36.8 Å². The second-order valence-corrected chi connectivity index (χ2v) is 5.45. The predicted molar refractivity (Wildman–Crippen MR) is 70.8 cm³/mol. The lowest BCUT2D eigenvalue weighted by atomic mass is 9.92. The van der Waals surface area contributed by atoms with E-state index in [0.717, 1.165) is 5.00 Å². The fourth-order valence-corrected chi connectivity index (χ4v) is 3.69. The monoisotopic (exact) mass is 229 g/mol. The minimum absolute atomic E-state index is 0.998. The second kappa shape index (κ2) is 3.95. The Labute approximate surface area is 99.9 Å². The number of hydrogen-bond donors (Lipinski definition) is 1. The maximum atomic E-state index is 6.17. The highest BCUT2D eigenvalue weighted by Crippen LogP contribution is 2.42. The molecule has 0 fully saturated rings. The first-order valence-corrected chi connectivity index (χ1v) is 6.63. The van der Waals surface area contributed by atoms with E-state index in [1.807, 2.05) is 0 Å². The Morgan fingerprint density at radius 2 is 1.75 bits per heavy atom. The van der Waals surface area contributed by atoms with Gasteiger partial charge in [0.2, 0.25) is 0 Å². The number of nitrogens with two attached hydrogens (primary N) is 1. The van der Waals surface area contributed by atoms with Crippen molar-refractivity contribution in [1.29, 1.82) is 0 Å². The summed E-state index contributed by atoms with van der Waals surface area (Å²) >= 11 is 1.79. The van der Waals surface area contributed by atoms with Crippen molar-refractivity contribution < 1.29 is 0 Å².